The van der Waals surface area contributed by atoms with Gasteiger partial charge in [-0.05, 0) is 37.5 Å². The van der Waals surface area contributed by atoms with Gasteiger partial charge in [0.25, 0.3) is 0 Å². The van der Waals surface area contributed by atoms with Crippen molar-refractivity contribution in [2.75, 3.05) is 39.6 Å². The van der Waals surface area contributed by atoms with Crippen LogP contribution in [0.3, 0.4) is 0 Å². The minimum absolute atomic E-state index is 0.106. The zero-order valence-electron chi connectivity index (χ0n) is 66.2. The maximum Gasteiger partial charge on any atom is 0.472 e. The van der Waals surface area contributed by atoms with Gasteiger partial charge in [0.05, 0.1) is 26.4 Å². The van der Waals surface area contributed by atoms with Crippen molar-refractivity contribution in [2.24, 2.45) is 11.8 Å². The zero-order chi connectivity index (χ0) is 74.2. The molecule has 0 saturated heterocycles. The Balaban J connectivity index is 5.11. The van der Waals surface area contributed by atoms with E-state index in [1.807, 2.05) is 0 Å². The number of hydrogen-bond donors (Lipinski definition) is 3. The Hall–Kier alpha value is -1.94. The Morgan fingerprint density at radius 1 is 0.287 bits per heavy atom. The first-order valence-corrected chi connectivity index (χ1v) is 45.5. The molecule has 0 aliphatic carbocycles. The highest BCUT2D eigenvalue weighted by atomic mass is 31.2. The lowest BCUT2D eigenvalue weighted by Gasteiger charge is -2.21. The van der Waals surface area contributed by atoms with E-state index in [-0.39, 0.29) is 25.7 Å². The van der Waals surface area contributed by atoms with Gasteiger partial charge < -0.3 is 33.8 Å². The molecule has 0 fully saturated rings. The normalized spacial score (nSPS) is 14.2. The number of rotatable bonds is 81. The van der Waals surface area contributed by atoms with Crippen molar-refractivity contribution >= 4 is 39.5 Å². The molecule has 0 rings (SSSR count). The van der Waals surface area contributed by atoms with Crippen LogP contribution in [-0.4, -0.2) is 96.7 Å². The number of esters is 4. The van der Waals surface area contributed by atoms with Crippen molar-refractivity contribution in [3.05, 3.63) is 0 Å². The van der Waals surface area contributed by atoms with E-state index in [1.165, 1.54) is 244 Å². The van der Waals surface area contributed by atoms with E-state index >= 15 is 0 Å². The summed E-state index contributed by atoms with van der Waals surface area (Å²) in [6.07, 6.45) is 64.4. The summed E-state index contributed by atoms with van der Waals surface area (Å²) in [5.41, 5.74) is 0. The van der Waals surface area contributed by atoms with Crippen LogP contribution in [-0.2, 0) is 65.4 Å². The Labute approximate surface area is 619 Å². The highest BCUT2D eigenvalue weighted by molar-refractivity contribution is 7.47. The lowest BCUT2D eigenvalue weighted by atomic mass is 9.99. The third kappa shape index (κ3) is 74.7. The fourth-order valence-electron chi connectivity index (χ4n) is 12.7. The largest absolute Gasteiger partial charge is 0.472 e. The van der Waals surface area contributed by atoms with E-state index < -0.39 is 97.5 Å². The summed E-state index contributed by atoms with van der Waals surface area (Å²) in [5.74, 6) is -0.497. The van der Waals surface area contributed by atoms with Gasteiger partial charge in [-0.3, -0.25) is 37.3 Å². The molecule has 0 spiro atoms. The molecule has 0 amide bonds. The molecule has 0 aliphatic heterocycles. The molecule has 0 aromatic carbocycles. The number of phosphoric acid groups is 2. The van der Waals surface area contributed by atoms with Gasteiger partial charge in [-0.15, -0.1) is 0 Å². The van der Waals surface area contributed by atoms with Crippen LogP contribution in [0.4, 0.5) is 0 Å². The zero-order valence-corrected chi connectivity index (χ0v) is 68.0. The van der Waals surface area contributed by atoms with Crippen LogP contribution >= 0.6 is 15.6 Å². The summed E-state index contributed by atoms with van der Waals surface area (Å²) in [4.78, 5) is 72.7. The molecule has 0 aromatic rings. The summed E-state index contributed by atoms with van der Waals surface area (Å²) >= 11 is 0. The molecule has 0 aliphatic rings. The maximum atomic E-state index is 13.1. The van der Waals surface area contributed by atoms with Crippen LogP contribution in [0.5, 0.6) is 0 Å². The standard InChI is InChI=1S/C82H160O17P2/c1-7-10-12-14-15-16-17-18-19-20-21-22-23-27-30-33-36-42-47-53-59-65-80(85)93-71-78(99-82(87)66-60-54-48-43-37-34-31-28-25-24-26-29-32-35-40-45-51-56-62-74(4)5)73-97-101(90,91)95-69-76(83)68-94-100(88,89)96-72-77(70-92-79(84)64-58-50-13-11-8-2)98-81(86)67-61-55-49-44-39-38-41-46-52-57-63-75(6)9-3/h74-78,83H,7-73H2,1-6H3,(H,88,89)(H,90,91)/t75?,76-,77+,78+/m0/s1. The predicted molar refractivity (Wildman–Crippen MR) is 414 cm³/mol. The third-order valence-electron chi connectivity index (χ3n) is 19.6. The summed E-state index contributed by atoms with van der Waals surface area (Å²) in [5, 5.41) is 10.6. The van der Waals surface area contributed by atoms with Gasteiger partial charge in [-0.1, -0.05) is 382 Å². The molecule has 600 valence electrons. The fourth-order valence-corrected chi connectivity index (χ4v) is 14.3. The fraction of sp³-hybridized carbons (Fsp3) is 0.951. The van der Waals surface area contributed by atoms with Crippen molar-refractivity contribution in [2.45, 2.75) is 452 Å². The number of phosphoric ester groups is 2. The number of ether oxygens (including phenoxy) is 4. The SMILES string of the molecule is CCCCCCCCCCCCCCCCCCCCCCCC(=O)OC[C@H](COP(=O)(O)OC[C@@H](O)COP(=O)(O)OC[C@@H](COC(=O)CCCCCCC)OC(=O)CCCCCCCCCCCCC(C)CC)OC(=O)CCCCCCCCCCCCCCCCCCCCC(C)C. The van der Waals surface area contributed by atoms with E-state index in [0.29, 0.717) is 25.7 Å². The average Bonchev–Trinajstić information content (AvgIpc) is 0.946. The monoisotopic (exact) mass is 1480 g/mol. The molecule has 17 nitrogen and oxygen atoms in total. The van der Waals surface area contributed by atoms with Crippen molar-refractivity contribution < 1.29 is 80.2 Å². The predicted octanol–water partition coefficient (Wildman–Crippen LogP) is 24.7. The second-order valence-electron chi connectivity index (χ2n) is 30.2. The highest BCUT2D eigenvalue weighted by Gasteiger charge is 2.30. The Morgan fingerprint density at radius 2 is 0.505 bits per heavy atom. The van der Waals surface area contributed by atoms with Crippen LogP contribution in [0.2, 0.25) is 0 Å². The van der Waals surface area contributed by atoms with Crippen LogP contribution in [0.15, 0.2) is 0 Å². The molecule has 0 heterocycles. The van der Waals surface area contributed by atoms with Crippen LogP contribution in [0.1, 0.15) is 433 Å². The van der Waals surface area contributed by atoms with Crippen LogP contribution < -0.4 is 0 Å². The number of carbonyl (C=O) groups excluding carboxylic acids is 4. The molecule has 0 bridgehead atoms. The van der Waals surface area contributed by atoms with E-state index in [2.05, 4.69) is 41.5 Å². The van der Waals surface area contributed by atoms with Crippen molar-refractivity contribution in [3.63, 3.8) is 0 Å². The average molecular weight is 1480 g/mol. The molecule has 0 radical (unpaired) electrons. The molecule has 19 heteroatoms. The van der Waals surface area contributed by atoms with E-state index in [0.717, 1.165) is 108 Å². The van der Waals surface area contributed by atoms with E-state index in [9.17, 15) is 43.2 Å². The van der Waals surface area contributed by atoms with Crippen molar-refractivity contribution in [3.8, 4) is 0 Å². The third-order valence-corrected chi connectivity index (χ3v) is 21.5. The van der Waals surface area contributed by atoms with Crippen LogP contribution in [0, 0.1) is 11.8 Å². The van der Waals surface area contributed by atoms with Gasteiger partial charge in [0.15, 0.2) is 12.2 Å². The van der Waals surface area contributed by atoms with Gasteiger partial charge in [0, 0.05) is 25.7 Å². The first-order valence-electron chi connectivity index (χ1n) is 42.5. The molecule has 6 atom stereocenters. The summed E-state index contributed by atoms with van der Waals surface area (Å²) in [6, 6.07) is 0. The number of unbranched alkanes of at least 4 members (excludes halogenated alkanes) is 50. The maximum absolute atomic E-state index is 13.1. The lowest BCUT2D eigenvalue weighted by Crippen LogP contribution is -2.30. The van der Waals surface area contributed by atoms with Crippen LogP contribution in [0.25, 0.3) is 0 Å². The van der Waals surface area contributed by atoms with E-state index in [1.54, 1.807) is 0 Å². The lowest BCUT2D eigenvalue weighted by molar-refractivity contribution is -0.161. The molecule has 3 unspecified atom stereocenters. The topological polar surface area (TPSA) is 237 Å². The number of carbonyl (C=O) groups is 4. The molecule has 3 N–H and O–H groups in total. The minimum Gasteiger partial charge on any atom is -0.462 e. The molecule has 0 saturated carbocycles. The summed E-state index contributed by atoms with van der Waals surface area (Å²) < 4.78 is 68.5. The van der Waals surface area contributed by atoms with Crippen molar-refractivity contribution in [1.29, 1.82) is 0 Å². The minimum atomic E-state index is -4.96. The van der Waals surface area contributed by atoms with Gasteiger partial charge in [-0.2, -0.15) is 0 Å². The molecular formula is C82H160O17P2. The molecular weight excluding hydrogens is 1320 g/mol. The number of hydrogen-bond acceptors (Lipinski definition) is 15. The number of aliphatic hydroxyl groups excluding tert-OH is 1. The second-order valence-corrected chi connectivity index (χ2v) is 33.1. The van der Waals surface area contributed by atoms with Gasteiger partial charge >= 0.3 is 39.5 Å². The van der Waals surface area contributed by atoms with Gasteiger partial charge in [-0.25, -0.2) is 9.13 Å². The smallest absolute Gasteiger partial charge is 0.462 e. The first kappa shape index (κ1) is 99.1. The Morgan fingerprint density at radius 3 is 0.752 bits per heavy atom. The highest BCUT2D eigenvalue weighted by Crippen LogP contribution is 2.45. The quantitative estimate of drug-likeness (QED) is 0.0222. The molecule has 0 aromatic heterocycles. The summed E-state index contributed by atoms with van der Waals surface area (Å²) in [7, 11) is -9.91. The van der Waals surface area contributed by atoms with Gasteiger partial charge in [0.1, 0.15) is 19.3 Å². The van der Waals surface area contributed by atoms with E-state index in [4.69, 9.17) is 37.0 Å². The second kappa shape index (κ2) is 73.6. The van der Waals surface area contributed by atoms with Gasteiger partial charge in [0.2, 0.25) is 0 Å². The first-order chi connectivity index (χ1) is 48.9. The Kier molecular flexibility index (Phi) is 72.2. The molecule has 101 heavy (non-hydrogen) atoms. The Bertz CT molecular complexity index is 1940. The number of aliphatic hydroxyl groups is 1. The summed E-state index contributed by atoms with van der Waals surface area (Å²) in [6.45, 7) is 9.60. The van der Waals surface area contributed by atoms with Crippen molar-refractivity contribution in [1.82, 2.24) is 0 Å².